The van der Waals surface area contributed by atoms with Crippen LogP contribution < -0.4 is 10.5 Å². The lowest BCUT2D eigenvalue weighted by Crippen LogP contribution is -2.22. The average molecular weight is 237 g/mol. The summed E-state index contributed by atoms with van der Waals surface area (Å²) < 4.78 is 11.3. The highest BCUT2D eigenvalue weighted by Crippen LogP contribution is 2.19. The quantitative estimate of drug-likeness (QED) is 0.801. The first kappa shape index (κ1) is 14.0. The summed E-state index contributed by atoms with van der Waals surface area (Å²) in [6.45, 7) is 9.77. The van der Waals surface area contributed by atoms with Gasteiger partial charge in [-0.3, -0.25) is 0 Å². The van der Waals surface area contributed by atoms with Crippen molar-refractivity contribution in [2.45, 2.75) is 39.8 Å². The minimum absolute atomic E-state index is 0.118. The van der Waals surface area contributed by atoms with Crippen molar-refractivity contribution in [3.8, 4) is 5.75 Å². The zero-order valence-corrected chi connectivity index (χ0v) is 11.2. The minimum Gasteiger partial charge on any atom is -0.491 e. The van der Waals surface area contributed by atoms with Crippen LogP contribution in [0.15, 0.2) is 18.2 Å². The van der Waals surface area contributed by atoms with Gasteiger partial charge in [0.15, 0.2) is 0 Å². The number of nitrogens with two attached hydrogens (primary N) is 1. The maximum atomic E-state index is 5.68. The summed E-state index contributed by atoms with van der Waals surface area (Å²) in [5.41, 5.74) is 7.80. The molecule has 0 heterocycles. The third-order valence-corrected chi connectivity index (χ3v) is 2.31. The molecule has 96 valence electrons. The lowest BCUT2D eigenvalue weighted by atomic mass is 10.1. The summed E-state index contributed by atoms with van der Waals surface area (Å²) in [4.78, 5) is 0. The molecule has 3 nitrogen and oxygen atoms in total. The van der Waals surface area contributed by atoms with E-state index in [2.05, 4.69) is 6.07 Å². The van der Waals surface area contributed by atoms with E-state index in [4.69, 9.17) is 15.2 Å². The molecule has 0 unspecified atom stereocenters. The number of hydrogen-bond donors (Lipinski definition) is 1. The van der Waals surface area contributed by atoms with Crippen molar-refractivity contribution in [3.05, 3.63) is 29.3 Å². The third kappa shape index (κ3) is 5.20. The fourth-order valence-corrected chi connectivity index (χ4v) is 1.51. The van der Waals surface area contributed by atoms with Crippen LogP contribution in [0.2, 0.25) is 0 Å². The Labute approximate surface area is 104 Å². The van der Waals surface area contributed by atoms with Crippen molar-refractivity contribution in [1.29, 1.82) is 0 Å². The molecule has 1 aromatic carbocycles. The molecule has 0 bridgehead atoms. The van der Waals surface area contributed by atoms with E-state index in [0.717, 1.165) is 11.3 Å². The minimum atomic E-state index is -0.118. The standard InChI is InChI=1S/C14H23NO2/c1-11-5-6-13(12(9-11)10-15)16-7-8-17-14(2,3)4/h5-6,9H,7-8,10,15H2,1-4H3. The van der Waals surface area contributed by atoms with E-state index in [1.165, 1.54) is 5.56 Å². The van der Waals surface area contributed by atoms with Gasteiger partial charge in [0.2, 0.25) is 0 Å². The number of benzene rings is 1. The van der Waals surface area contributed by atoms with Crippen molar-refractivity contribution in [2.24, 2.45) is 5.73 Å². The van der Waals surface area contributed by atoms with E-state index in [-0.39, 0.29) is 5.60 Å². The molecule has 0 aliphatic rings. The lowest BCUT2D eigenvalue weighted by molar-refractivity contribution is -0.0163. The van der Waals surface area contributed by atoms with Gasteiger partial charge in [0.05, 0.1) is 12.2 Å². The van der Waals surface area contributed by atoms with Gasteiger partial charge >= 0.3 is 0 Å². The molecule has 0 radical (unpaired) electrons. The lowest BCUT2D eigenvalue weighted by Gasteiger charge is -2.20. The van der Waals surface area contributed by atoms with Gasteiger partial charge in [-0.1, -0.05) is 17.7 Å². The van der Waals surface area contributed by atoms with Crippen LogP contribution in [0.5, 0.6) is 5.75 Å². The molecule has 0 atom stereocenters. The van der Waals surface area contributed by atoms with Crippen LogP contribution in [-0.2, 0) is 11.3 Å². The molecule has 0 aliphatic carbocycles. The summed E-state index contributed by atoms with van der Waals surface area (Å²) in [6.07, 6.45) is 0. The number of hydrogen-bond acceptors (Lipinski definition) is 3. The largest absolute Gasteiger partial charge is 0.491 e. The average Bonchev–Trinajstić information content (AvgIpc) is 2.24. The Hall–Kier alpha value is -1.06. The smallest absolute Gasteiger partial charge is 0.123 e. The van der Waals surface area contributed by atoms with E-state index < -0.39 is 0 Å². The monoisotopic (exact) mass is 237 g/mol. The van der Waals surface area contributed by atoms with Crippen molar-refractivity contribution >= 4 is 0 Å². The van der Waals surface area contributed by atoms with Gasteiger partial charge < -0.3 is 15.2 Å². The molecular weight excluding hydrogens is 214 g/mol. The highest BCUT2D eigenvalue weighted by molar-refractivity contribution is 5.36. The maximum Gasteiger partial charge on any atom is 0.123 e. The van der Waals surface area contributed by atoms with Crippen molar-refractivity contribution in [3.63, 3.8) is 0 Å². The molecule has 0 aliphatic heterocycles. The maximum absolute atomic E-state index is 5.68. The van der Waals surface area contributed by atoms with E-state index in [1.54, 1.807) is 0 Å². The first-order valence-corrected chi connectivity index (χ1v) is 5.99. The second kappa shape index (κ2) is 6.03. The molecule has 1 rings (SSSR count). The van der Waals surface area contributed by atoms with E-state index in [0.29, 0.717) is 19.8 Å². The Morgan fingerprint density at radius 2 is 1.88 bits per heavy atom. The van der Waals surface area contributed by atoms with E-state index in [9.17, 15) is 0 Å². The fourth-order valence-electron chi connectivity index (χ4n) is 1.51. The Bertz CT molecular complexity index is 356. The third-order valence-electron chi connectivity index (χ3n) is 2.31. The fraction of sp³-hybridized carbons (Fsp3) is 0.571. The van der Waals surface area contributed by atoms with Crippen molar-refractivity contribution in [2.75, 3.05) is 13.2 Å². The van der Waals surface area contributed by atoms with Gasteiger partial charge in [0.25, 0.3) is 0 Å². The summed E-state index contributed by atoms with van der Waals surface area (Å²) >= 11 is 0. The second-order valence-electron chi connectivity index (χ2n) is 5.12. The number of ether oxygens (including phenoxy) is 2. The molecule has 1 aromatic rings. The van der Waals surface area contributed by atoms with Crippen LogP contribution >= 0.6 is 0 Å². The Balaban J connectivity index is 2.46. The summed E-state index contributed by atoms with van der Waals surface area (Å²) in [5, 5.41) is 0. The Morgan fingerprint density at radius 3 is 2.47 bits per heavy atom. The molecule has 2 N–H and O–H groups in total. The van der Waals surface area contributed by atoms with Gasteiger partial charge in [0, 0.05) is 12.1 Å². The first-order chi connectivity index (χ1) is 7.92. The molecule has 0 aromatic heterocycles. The Kier molecular flexibility index (Phi) is 4.97. The normalized spacial score (nSPS) is 11.6. The highest BCUT2D eigenvalue weighted by Gasteiger charge is 2.09. The number of rotatable bonds is 5. The Morgan fingerprint density at radius 1 is 1.18 bits per heavy atom. The van der Waals surface area contributed by atoms with E-state index in [1.807, 2.05) is 39.8 Å². The molecular formula is C14H23NO2. The molecule has 3 heteroatoms. The zero-order chi connectivity index (χ0) is 12.9. The molecule has 0 saturated heterocycles. The number of aryl methyl sites for hydroxylation is 1. The predicted octanol–water partition coefficient (Wildman–Crippen LogP) is 2.65. The molecule has 0 fully saturated rings. The van der Waals surface area contributed by atoms with Crippen LogP contribution in [0.25, 0.3) is 0 Å². The molecule has 0 amide bonds. The van der Waals surface area contributed by atoms with Crippen LogP contribution in [0.1, 0.15) is 31.9 Å². The topological polar surface area (TPSA) is 44.5 Å². The predicted molar refractivity (Wildman–Crippen MR) is 70.3 cm³/mol. The molecule has 0 saturated carbocycles. The zero-order valence-electron chi connectivity index (χ0n) is 11.2. The van der Waals surface area contributed by atoms with Gasteiger partial charge in [-0.15, -0.1) is 0 Å². The van der Waals surface area contributed by atoms with Crippen LogP contribution in [-0.4, -0.2) is 18.8 Å². The van der Waals surface area contributed by atoms with Crippen LogP contribution in [0, 0.1) is 6.92 Å². The van der Waals surface area contributed by atoms with Crippen LogP contribution in [0.3, 0.4) is 0 Å². The van der Waals surface area contributed by atoms with Gasteiger partial charge in [0.1, 0.15) is 12.4 Å². The first-order valence-electron chi connectivity index (χ1n) is 5.99. The molecule has 0 spiro atoms. The summed E-state index contributed by atoms with van der Waals surface area (Å²) in [5.74, 6) is 0.857. The van der Waals surface area contributed by atoms with Crippen molar-refractivity contribution in [1.82, 2.24) is 0 Å². The summed E-state index contributed by atoms with van der Waals surface area (Å²) in [7, 11) is 0. The van der Waals surface area contributed by atoms with Gasteiger partial charge in [-0.2, -0.15) is 0 Å². The van der Waals surface area contributed by atoms with Gasteiger partial charge in [-0.25, -0.2) is 0 Å². The SMILES string of the molecule is Cc1ccc(OCCOC(C)(C)C)c(CN)c1. The van der Waals surface area contributed by atoms with Gasteiger partial charge in [-0.05, 0) is 33.8 Å². The van der Waals surface area contributed by atoms with Crippen LogP contribution in [0.4, 0.5) is 0 Å². The molecule has 17 heavy (non-hydrogen) atoms. The highest BCUT2D eigenvalue weighted by atomic mass is 16.5. The van der Waals surface area contributed by atoms with E-state index >= 15 is 0 Å². The second-order valence-corrected chi connectivity index (χ2v) is 5.12. The van der Waals surface area contributed by atoms with Crippen molar-refractivity contribution < 1.29 is 9.47 Å². The summed E-state index contributed by atoms with van der Waals surface area (Å²) in [6, 6.07) is 6.05.